The normalized spacial score (nSPS) is 18.3. The summed E-state index contributed by atoms with van der Waals surface area (Å²) in [6.07, 6.45) is 3.47. The molecule has 0 bridgehead atoms. The fraction of sp³-hybridized carbons (Fsp3) is 0.0833. The summed E-state index contributed by atoms with van der Waals surface area (Å²) in [4.78, 5) is 6.60. The molecular weight excluding hydrogens is 394 g/mol. The molecule has 0 saturated carbocycles. The topological polar surface area (TPSA) is 50.5 Å². The number of rotatable bonds is 5. The van der Waals surface area contributed by atoms with Crippen molar-refractivity contribution in [3.63, 3.8) is 0 Å². The summed E-state index contributed by atoms with van der Waals surface area (Å²) in [5.74, 6) is 2.38. The Balaban J connectivity index is 1.47. The first-order valence-corrected chi connectivity index (χ1v) is 10.1. The number of furan rings is 1. The van der Waals surface area contributed by atoms with Crippen molar-refractivity contribution in [3.05, 3.63) is 109 Å². The number of hydrogen-bond donors (Lipinski definition) is 1. The van der Waals surface area contributed by atoms with Crippen molar-refractivity contribution in [2.45, 2.75) is 12.1 Å². The van der Waals surface area contributed by atoms with E-state index < -0.39 is 0 Å². The highest BCUT2D eigenvalue weighted by Crippen LogP contribution is 2.41. The summed E-state index contributed by atoms with van der Waals surface area (Å²) in [5.41, 5.74) is 1.86. The van der Waals surface area contributed by atoms with E-state index in [2.05, 4.69) is 15.2 Å². The van der Waals surface area contributed by atoms with Crippen LogP contribution >= 0.6 is 12.2 Å². The minimum Gasteiger partial charge on any atom is -0.467 e. The van der Waals surface area contributed by atoms with E-state index in [1.165, 1.54) is 0 Å². The van der Waals surface area contributed by atoms with Gasteiger partial charge < -0.3 is 19.4 Å². The Labute approximate surface area is 179 Å². The molecule has 2 atom stereocenters. The van der Waals surface area contributed by atoms with Crippen LogP contribution in [0.4, 0.5) is 5.69 Å². The van der Waals surface area contributed by atoms with Gasteiger partial charge in [0.25, 0.3) is 0 Å². The standard InChI is InChI=1S/C24H19N3O2S/c30-24-26-22(20-9-4-5-15-25-20)23(21-10-6-16-28-21)27(24)17-11-13-19(14-12-17)29-18-7-2-1-3-8-18/h1-16,22-23H,(H,26,30)/t22-,23-/m1/s1. The van der Waals surface area contributed by atoms with Crippen LogP contribution in [0.5, 0.6) is 11.5 Å². The summed E-state index contributed by atoms with van der Waals surface area (Å²) >= 11 is 5.70. The molecule has 2 aromatic carbocycles. The molecule has 0 amide bonds. The zero-order chi connectivity index (χ0) is 20.3. The van der Waals surface area contributed by atoms with Gasteiger partial charge in [0.2, 0.25) is 0 Å². The number of thiocarbonyl (C=S) groups is 1. The average molecular weight is 414 g/mol. The first-order valence-electron chi connectivity index (χ1n) is 9.66. The van der Waals surface area contributed by atoms with E-state index in [-0.39, 0.29) is 12.1 Å². The Hall–Kier alpha value is -3.64. The largest absolute Gasteiger partial charge is 0.467 e. The van der Waals surface area contributed by atoms with Crippen LogP contribution in [0, 0.1) is 0 Å². The first kappa shape index (κ1) is 18.4. The lowest BCUT2D eigenvalue weighted by atomic mass is 10.0. The van der Waals surface area contributed by atoms with Crippen molar-refractivity contribution < 1.29 is 9.15 Å². The van der Waals surface area contributed by atoms with E-state index in [9.17, 15) is 0 Å². The summed E-state index contributed by atoms with van der Waals surface area (Å²) in [6, 6.07) is 27.1. The lowest BCUT2D eigenvalue weighted by Crippen LogP contribution is -2.29. The highest BCUT2D eigenvalue weighted by atomic mass is 32.1. The van der Waals surface area contributed by atoms with Gasteiger partial charge in [0.05, 0.1) is 18.0 Å². The van der Waals surface area contributed by atoms with E-state index in [0.29, 0.717) is 5.11 Å². The molecule has 3 heterocycles. The number of anilines is 1. The lowest BCUT2D eigenvalue weighted by molar-refractivity contribution is 0.432. The number of aromatic nitrogens is 1. The van der Waals surface area contributed by atoms with Crippen LogP contribution in [0.3, 0.4) is 0 Å². The molecule has 0 radical (unpaired) electrons. The second-order valence-corrected chi connectivity index (χ2v) is 7.31. The number of nitrogens with one attached hydrogen (secondary N) is 1. The monoisotopic (exact) mass is 413 g/mol. The van der Waals surface area contributed by atoms with Crippen molar-refractivity contribution in [2.75, 3.05) is 4.90 Å². The Kier molecular flexibility index (Phi) is 4.91. The predicted molar refractivity (Wildman–Crippen MR) is 120 cm³/mol. The Morgan fingerprint density at radius 2 is 1.63 bits per heavy atom. The minimum atomic E-state index is -0.150. The van der Waals surface area contributed by atoms with E-state index in [1.54, 1.807) is 12.5 Å². The molecule has 5 nitrogen and oxygen atoms in total. The first-order chi connectivity index (χ1) is 14.8. The number of benzene rings is 2. The zero-order valence-electron chi connectivity index (χ0n) is 16.0. The SMILES string of the molecule is S=C1N[C@H](c2ccccn2)[C@@H](c2ccco2)N1c1ccc(Oc2ccccc2)cc1. The van der Waals surface area contributed by atoms with Crippen LogP contribution in [0.2, 0.25) is 0 Å². The van der Waals surface area contributed by atoms with E-state index in [0.717, 1.165) is 28.6 Å². The zero-order valence-corrected chi connectivity index (χ0v) is 16.8. The van der Waals surface area contributed by atoms with Gasteiger partial charge in [0.15, 0.2) is 5.11 Å². The van der Waals surface area contributed by atoms with Crippen molar-refractivity contribution in [2.24, 2.45) is 0 Å². The molecule has 0 spiro atoms. The van der Waals surface area contributed by atoms with Crippen LogP contribution in [-0.2, 0) is 0 Å². The van der Waals surface area contributed by atoms with Gasteiger partial charge in [0.1, 0.15) is 23.3 Å². The number of pyridine rings is 1. The third-order valence-corrected chi connectivity index (χ3v) is 5.34. The average Bonchev–Trinajstić information content (AvgIpc) is 3.43. The van der Waals surface area contributed by atoms with E-state index in [4.69, 9.17) is 21.4 Å². The summed E-state index contributed by atoms with van der Waals surface area (Å²) in [6.45, 7) is 0. The van der Waals surface area contributed by atoms with Crippen molar-refractivity contribution >= 4 is 23.0 Å². The number of ether oxygens (including phenoxy) is 1. The smallest absolute Gasteiger partial charge is 0.174 e. The third-order valence-electron chi connectivity index (χ3n) is 5.03. The fourth-order valence-corrected chi connectivity index (χ4v) is 4.03. The Bertz CT molecular complexity index is 1120. The summed E-state index contributed by atoms with van der Waals surface area (Å²) in [5, 5.41) is 4.04. The second-order valence-electron chi connectivity index (χ2n) is 6.92. The molecule has 1 fully saturated rings. The highest BCUT2D eigenvalue weighted by molar-refractivity contribution is 7.80. The van der Waals surface area contributed by atoms with E-state index in [1.807, 2.05) is 84.9 Å². The van der Waals surface area contributed by atoms with E-state index >= 15 is 0 Å². The second kappa shape index (κ2) is 8.00. The van der Waals surface area contributed by atoms with Crippen LogP contribution < -0.4 is 15.0 Å². The molecule has 1 N–H and O–H groups in total. The minimum absolute atomic E-state index is 0.120. The Morgan fingerprint density at radius 3 is 2.33 bits per heavy atom. The highest BCUT2D eigenvalue weighted by Gasteiger charge is 2.42. The molecular formula is C24H19N3O2S. The van der Waals surface area contributed by atoms with Gasteiger partial charge in [-0.05, 0) is 72.9 Å². The molecule has 4 aromatic rings. The third kappa shape index (κ3) is 3.53. The molecule has 1 aliphatic rings. The van der Waals surface area contributed by atoms with Crippen molar-refractivity contribution in [1.82, 2.24) is 10.3 Å². The van der Waals surface area contributed by atoms with Gasteiger partial charge in [-0.1, -0.05) is 24.3 Å². The van der Waals surface area contributed by atoms with Gasteiger partial charge in [-0.3, -0.25) is 4.98 Å². The van der Waals surface area contributed by atoms with Gasteiger partial charge >= 0.3 is 0 Å². The molecule has 0 aliphatic carbocycles. The van der Waals surface area contributed by atoms with Crippen molar-refractivity contribution in [1.29, 1.82) is 0 Å². The maximum atomic E-state index is 5.92. The molecule has 1 aliphatic heterocycles. The fourth-order valence-electron chi connectivity index (χ4n) is 3.68. The summed E-state index contributed by atoms with van der Waals surface area (Å²) in [7, 11) is 0. The van der Waals surface area contributed by atoms with Gasteiger partial charge in [0, 0.05) is 11.9 Å². The maximum Gasteiger partial charge on any atom is 0.174 e. The molecule has 5 rings (SSSR count). The van der Waals surface area contributed by atoms with Crippen LogP contribution in [0.25, 0.3) is 0 Å². The molecule has 0 unspecified atom stereocenters. The molecule has 6 heteroatoms. The lowest BCUT2D eigenvalue weighted by Gasteiger charge is -2.26. The van der Waals surface area contributed by atoms with Crippen LogP contribution in [0.1, 0.15) is 23.5 Å². The molecule has 148 valence electrons. The number of nitrogens with zero attached hydrogens (tertiary/aromatic N) is 2. The number of hydrogen-bond acceptors (Lipinski definition) is 4. The predicted octanol–water partition coefficient (Wildman–Crippen LogP) is 5.64. The number of para-hydroxylation sites is 1. The molecule has 1 saturated heterocycles. The van der Waals surface area contributed by atoms with Crippen molar-refractivity contribution in [3.8, 4) is 11.5 Å². The van der Waals surface area contributed by atoms with Gasteiger partial charge in [-0.15, -0.1) is 0 Å². The molecule has 2 aromatic heterocycles. The van der Waals surface area contributed by atoms with Gasteiger partial charge in [-0.2, -0.15) is 0 Å². The quantitative estimate of drug-likeness (QED) is 0.427. The van der Waals surface area contributed by atoms with Crippen LogP contribution in [0.15, 0.2) is 102 Å². The van der Waals surface area contributed by atoms with Crippen LogP contribution in [-0.4, -0.2) is 10.1 Å². The molecule has 30 heavy (non-hydrogen) atoms. The Morgan fingerprint density at radius 1 is 0.867 bits per heavy atom. The summed E-state index contributed by atoms with van der Waals surface area (Å²) < 4.78 is 11.7. The van der Waals surface area contributed by atoms with Gasteiger partial charge in [-0.25, -0.2) is 0 Å². The maximum absolute atomic E-state index is 5.92.